The SMILES string of the molecule is CC(C)CCCn1cnc(-c2cccc(I)c2)n1. The zero-order valence-electron chi connectivity index (χ0n) is 10.8. The van der Waals surface area contributed by atoms with Gasteiger partial charge in [-0.3, -0.25) is 4.68 Å². The molecule has 0 aliphatic heterocycles. The van der Waals surface area contributed by atoms with Crippen molar-refractivity contribution >= 4 is 22.6 Å². The number of halogens is 1. The quantitative estimate of drug-likeness (QED) is 0.760. The zero-order valence-corrected chi connectivity index (χ0v) is 13.0. The summed E-state index contributed by atoms with van der Waals surface area (Å²) in [5.74, 6) is 1.57. The topological polar surface area (TPSA) is 30.7 Å². The van der Waals surface area contributed by atoms with Crippen LogP contribution in [0.3, 0.4) is 0 Å². The van der Waals surface area contributed by atoms with E-state index < -0.39 is 0 Å². The average molecular weight is 355 g/mol. The molecule has 3 nitrogen and oxygen atoms in total. The molecule has 2 aromatic rings. The highest BCUT2D eigenvalue weighted by Gasteiger charge is 2.04. The van der Waals surface area contributed by atoms with E-state index in [9.17, 15) is 0 Å². The number of hydrogen-bond acceptors (Lipinski definition) is 2. The Morgan fingerprint density at radius 1 is 1.33 bits per heavy atom. The van der Waals surface area contributed by atoms with E-state index in [1.807, 2.05) is 17.1 Å². The van der Waals surface area contributed by atoms with Crippen molar-refractivity contribution in [2.75, 3.05) is 0 Å². The van der Waals surface area contributed by atoms with Gasteiger partial charge in [-0.25, -0.2) is 4.98 Å². The van der Waals surface area contributed by atoms with E-state index in [-0.39, 0.29) is 0 Å². The molecule has 1 aromatic carbocycles. The number of nitrogens with zero attached hydrogens (tertiary/aromatic N) is 3. The highest BCUT2D eigenvalue weighted by molar-refractivity contribution is 14.1. The minimum absolute atomic E-state index is 0.753. The monoisotopic (exact) mass is 355 g/mol. The average Bonchev–Trinajstić information content (AvgIpc) is 2.77. The number of aryl methyl sites for hydroxylation is 1. The standard InChI is InChI=1S/C14H18IN3/c1-11(2)5-4-8-18-10-16-14(17-18)12-6-3-7-13(15)9-12/h3,6-7,9-11H,4-5,8H2,1-2H3. The molecule has 1 heterocycles. The van der Waals surface area contributed by atoms with E-state index in [1.165, 1.54) is 9.99 Å². The van der Waals surface area contributed by atoms with Crippen LogP contribution < -0.4 is 0 Å². The summed E-state index contributed by atoms with van der Waals surface area (Å²) in [6.07, 6.45) is 4.22. The van der Waals surface area contributed by atoms with Gasteiger partial charge in [0.15, 0.2) is 5.82 Å². The van der Waals surface area contributed by atoms with Crippen LogP contribution >= 0.6 is 22.6 Å². The first-order valence-corrected chi connectivity index (χ1v) is 7.38. The third-order valence-corrected chi connectivity index (χ3v) is 3.46. The first kappa shape index (κ1) is 13.5. The van der Waals surface area contributed by atoms with Gasteiger partial charge in [0.05, 0.1) is 0 Å². The summed E-state index contributed by atoms with van der Waals surface area (Å²) in [5.41, 5.74) is 1.09. The molecule has 0 spiro atoms. The number of benzene rings is 1. The van der Waals surface area contributed by atoms with Gasteiger partial charge < -0.3 is 0 Å². The Morgan fingerprint density at radius 3 is 2.89 bits per heavy atom. The smallest absolute Gasteiger partial charge is 0.181 e. The molecular weight excluding hydrogens is 337 g/mol. The van der Waals surface area contributed by atoms with E-state index in [1.54, 1.807) is 0 Å². The fourth-order valence-corrected chi connectivity index (χ4v) is 2.37. The summed E-state index contributed by atoms with van der Waals surface area (Å²) in [6, 6.07) is 8.27. The molecule has 0 bridgehead atoms. The van der Waals surface area contributed by atoms with Gasteiger partial charge in [0, 0.05) is 15.7 Å². The summed E-state index contributed by atoms with van der Waals surface area (Å²) in [7, 11) is 0. The van der Waals surface area contributed by atoms with Crippen LogP contribution in [0.5, 0.6) is 0 Å². The van der Waals surface area contributed by atoms with Gasteiger partial charge in [0.2, 0.25) is 0 Å². The van der Waals surface area contributed by atoms with Crippen LogP contribution in [0.4, 0.5) is 0 Å². The lowest BCUT2D eigenvalue weighted by molar-refractivity contribution is 0.490. The van der Waals surface area contributed by atoms with Gasteiger partial charge >= 0.3 is 0 Å². The van der Waals surface area contributed by atoms with E-state index >= 15 is 0 Å². The minimum atomic E-state index is 0.753. The molecule has 0 amide bonds. The third kappa shape index (κ3) is 3.80. The van der Waals surface area contributed by atoms with Crippen LogP contribution in [0, 0.1) is 9.49 Å². The lowest BCUT2D eigenvalue weighted by Crippen LogP contribution is -2.00. The molecule has 0 aliphatic carbocycles. The van der Waals surface area contributed by atoms with Gasteiger partial charge in [-0.15, -0.1) is 0 Å². The normalized spacial score (nSPS) is 11.1. The number of aromatic nitrogens is 3. The van der Waals surface area contributed by atoms with Gasteiger partial charge in [-0.1, -0.05) is 26.0 Å². The van der Waals surface area contributed by atoms with Crippen LogP contribution in [0.1, 0.15) is 26.7 Å². The molecule has 0 radical (unpaired) electrons. The van der Waals surface area contributed by atoms with Crippen molar-refractivity contribution in [1.29, 1.82) is 0 Å². The molecule has 0 atom stereocenters. The van der Waals surface area contributed by atoms with Crippen molar-refractivity contribution in [2.45, 2.75) is 33.2 Å². The summed E-state index contributed by atoms with van der Waals surface area (Å²) >= 11 is 2.31. The molecular formula is C14H18IN3. The van der Waals surface area contributed by atoms with Crippen LogP contribution in [-0.2, 0) is 6.54 Å². The number of hydrogen-bond donors (Lipinski definition) is 0. The first-order chi connectivity index (χ1) is 8.65. The van der Waals surface area contributed by atoms with Gasteiger partial charge in [-0.2, -0.15) is 5.10 Å². The fourth-order valence-electron chi connectivity index (χ4n) is 1.82. The van der Waals surface area contributed by atoms with Crippen molar-refractivity contribution in [2.24, 2.45) is 5.92 Å². The van der Waals surface area contributed by atoms with E-state index in [2.05, 4.69) is 64.7 Å². The molecule has 1 aromatic heterocycles. The lowest BCUT2D eigenvalue weighted by atomic mass is 10.1. The van der Waals surface area contributed by atoms with Crippen molar-refractivity contribution in [3.05, 3.63) is 34.2 Å². The Kier molecular flexibility index (Phi) is 4.74. The second kappa shape index (κ2) is 6.31. The van der Waals surface area contributed by atoms with Gasteiger partial charge in [0.1, 0.15) is 6.33 Å². The van der Waals surface area contributed by atoms with Crippen molar-refractivity contribution < 1.29 is 0 Å². The second-order valence-corrected chi connectivity index (χ2v) is 6.12. The van der Waals surface area contributed by atoms with Gasteiger partial charge in [0.25, 0.3) is 0 Å². The fraction of sp³-hybridized carbons (Fsp3) is 0.429. The third-order valence-electron chi connectivity index (χ3n) is 2.79. The minimum Gasteiger partial charge on any atom is -0.252 e. The molecule has 96 valence electrons. The summed E-state index contributed by atoms with van der Waals surface area (Å²) < 4.78 is 3.15. The van der Waals surface area contributed by atoms with E-state index in [4.69, 9.17) is 0 Å². The first-order valence-electron chi connectivity index (χ1n) is 6.30. The summed E-state index contributed by atoms with van der Waals surface area (Å²) in [5, 5.41) is 4.52. The maximum atomic E-state index is 4.52. The summed E-state index contributed by atoms with van der Waals surface area (Å²) in [6.45, 7) is 5.45. The van der Waals surface area contributed by atoms with Gasteiger partial charge in [-0.05, 0) is 53.5 Å². The highest BCUT2D eigenvalue weighted by Crippen LogP contribution is 2.17. The van der Waals surface area contributed by atoms with Crippen LogP contribution in [0.25, 0.3) is 11.4 Å². The van der Waals surface area contributed by atoms with E-state index in [0.29, 0.717) is 0 Å². The molecule has 0 aliphatic rings. The van der Waals surface area contributed by atoms with E-state index in [0.717, 1.165) is 30.3 Å². The molecule has 0 saturated heterocycles. The van der Waals surface area contributed by atoms with Crippen molar-refractivity contribution in [3.63, 3.8) is 0 Å². The molecule has 18 heavy (non-hydrogen) atoms. The Bertz CT molecular complexity index is 505. The molecule has 0 saturated carbocycles. The highest BCUT2D eigenvalue weighted by atomic mass is 127. The molecule has 0 N–H and O–H groups in total. The Balaban J connectivity index is 2.02. The lowest BCUT2D eigenvalue weighted by Gasteiger charge is -2.03. The van der Waals surface area contributed by atoms with Crippen LogP contribution in [0.15, 0.2) is 30.6 Å². The van der Waals surface area contributed by atoms with Crippen LogP contribution in [-0.4, -0.2) is 14.8 Å². The predicted molar refractivity (Wildman–Crippen MR) is 82.2 cm³/mol. The number of rotatable bonds is 5. The Hall–Kier alpha value is -0.910. The Morgan fingerprint density at radius 2 is 2.17 bits per heavy atom. The van der Waals surface area contributed by atoms with Crippen molar-refractivity contribution in [1.82, 2.24) is 14.8 Å². The second-order valence-electron chi connectivity index (χ2n) is 4.88. The largest absolute Gasteiger partial charge is 0.252 e. The molecule has 2 rings (SSSR count). The maximum absolute atomic E-state index is 4.52. The Labute approximate surface area is 122 Å². The van der Waals surface area contributed by atoms with Crippen molar-refractivity contribution in [3.8, 4) is 11.4 Å². The summed E-state index contributed by atoms with van der Waals surface area (Å²) in [4.78, 5) is 4.37. The molecule has 0 fully saturated rings. The molecule has 4 heteroatoms. The van der Waals surface area contributed by atoms with Crippen LogP contribution in [0.2, 0.25) is 0 Å². The predicted octanol–water partition coefficient (Wildman–Crippen LogP) is 3.99. The molecule has 0 unspecified atom stereocenters. The maximum Gasteiger partial charge on any atom is 0.181 e. The zero-order chi connectivity index (χ0) is 13.0.